The Morgan fingerprint density at radius 3 is 2.00 bits per heavy atom. The molecular weight excluding hydrogens is 288 g/mol. The maximum atomic E-state index is 5.47. The van der Waals surface area contributed by atoms with Gasteiger partial charge in [-0.3, -0.25) is 0 Å². The standard InChI is InChI=1S/C16H22O2S2/c1-17-14-9-13(10-15(11-14)18-2)16(19-7-8-20-16)12-5-3-4-6-12/h9-12H,3-8H2,1-2H3. The van der Waals surface area contributed by atoms with Crippen molar-refractivity contribution in [2.45, 2.75) is 29.8 Å². The van der Waals surface area contributed by atoms with Gasteiger partial charge in [0.25, 0.3) is 0 Å². The Hall–Kier alpha value is -0.480. The first kappa shape index (κ1) is 14.5. The minimum Gasteiger partial charge on any atom is -0.497 e. The van der Waals surface area contributed by atoms with Crippen LogP contribution in [0.2, 0.25) is 0 Å². The van der Waals surface area contributed by atoms with Crippen molar-refractivity contribution in [1.82, 2.24) is 0 Å². The summed E-state index contributed by atoms with van der Waals surface area (Å²) in [5, 5.41) is 0. The van der Waals surface area contributed by atoms with Crippen LogP contribution in [0.25, 0.3) is 0 Å². The summed E-state index contributed by atoms with van der Waals surface area (Å²) in [6.45, 7) is 0. The van der Waals surface area contributed by atoms with Crippen molar-refractivity contribution in [3.63, 3.8) is 0 Å². The van der Waals surface area contributed by atoms with Crippen LogP contribution in [0.15, 0.2) is 18.2 Å². The van der Waals surface area contributed by atoms with E-state index in [4.69, 9.17) is 9.47 Å². The molecule has 0 bridgehead atoms. The molecule has 3 rings (SSSR count). The number of hydrogen-bond donors (Lipinski definition) is 0. The molecule has 2 fully saturated rings. The summed E-state index contributed by atoms with van der Waals surface area (Å²) in [5.74, 6) is 5.10. The van der Waals surface area contributed by atoms with E-state index in [0.29, 0.717) is 0 Å². The first-order valence-corrected chi connectivity index (χ1v) is 9.27. The zero-order chi connectivity index (χ0) is 14.0. The van der Waals surface area contributed by atoms with Crippen LogP contribution in [0.1, 0.15) is 31.2 Å². The van der Waals surface area contributed by atoms with Crippen molar-refractivity contribution < 1.29 is 9.47 Å². The van der Waals surface area contributed by atoms with Gasteiger partial charge in [-0.15, -0.1) is 23.5 Å². The van der Waals surface area contributed by atoms with Gasteiger partial charge in [-0.25, -0.2) is 0 Å². The fourth-order valence-electron chi connectivity index (χ4n) is 3.38. The summed E-state index contributed by atoms with van der Waals surface area (Å²) in [6, 6.07) is 6.40. The molecular formula is C16H22O2S2. The summed E-state index contributed by atoms with van der Waals surface area (Å²) in [6.07, 6.45) is 5.49. The quantitative estimate of drug-likeness (QED) is 0.813. The largest absolute Gasteiger partial charge is 0.497 e. The van der Waals surface area contributed by atoms with E-state index < -0.39 is 0 Å². The van der Waals surface area contributed by atoms with Crippen LogP contribution in [0, 0.1) is 5.92 Å². The van der Waals surface area contributed by atoms with Crippen molar-refractivity contribution in [2.24, 2.45) is 5.92 Å². The van der Waals surface area contributed by atoms with Gasteiger partial charge < -0.3 is 9.47 Å². The Balaban J connectivity index is 2.02. The van der Waals surface area contributed by atoms with Gasteiger partial charge in [0.15, 0.2) is 0 Å². The molecule has 1 aromatic carbocycles. The highest BCUT2D eigenvalue weighted by Gasteiger charge is 2.45. The molecule has 1 saturated heterocycles. The van der Waals surface area contributed by atoms with Crippen LogP contribution < -0.4 is 9.47 Å². The lowest BCUT2D eigenvalue weighted by molar-refractivity contribution is 0.391. The molecule has 2 nitrogen and oxygen atoms in total. The molecule has 1 heterocycles. The second-order valence-corrected chi connectivity index (χ2v) is 8.39. The van der Waals surface area contributed by atoms with Gasteiger partial charge in [0, 0.05) is 17.6 Å². The van der Waals surface area contributed by atoms with Crippen molar-refractivity contribution >= 4 is 23.5 Å². The molecule has 20 heavy (non-hydrogen) atoms. The topological polar surface area (TPSA) is 18.5 Å². The predicted octanol–water partition coefficient (Wildman–Crippen LogP) is 4.53. The molecule has 1 saturated carbocycles. The normalized spacial score (nSPS) is 22.1. The molecule has 0 radical (unpaired) electrons. The lowest BCUT2D eigenvalue weighted by Gasteiger charge is -2.34. The van der Waals surface area contributed by atoms with Gasteiger partial charge in [0.2, 0.25) is 0 Å². The Morgan fingerprint density at radius 2 is 1.50 bits per heavy atom. The summed E-state index contributed by atoms with van der Waals surface area (Å²) in [7, 11) is 3.46. The highest BCUT2D eigenvalue weighted by Crippen LogP contribution is 2.61. The Morgan fingerprint density at radius 1 is 0.950 bits per heavy atom. The van der Waals surface area contributed by atoms with Gasteiger partial charge in [-0.1, -0.05) is 12.8 Å². The lowest BCUT2D eigenvalue weighted by atomic mass is 9.96. The van der Waals surface area contributed by atoms with Gasteiger partial charge in [0.05, 0.1) is 18.3 Å². The van der Waals surface area contributed by atoms with Crippen LogP contribution in [0.3, 0.4) is 0 Å². The smallest absolute Gasteiger partial charge is 0.122 e. The number of rotatable bonds is 4. The van der Waals surface area contributed by atoms with E-state index in [1.807, 2.05) is 6.07 Å². The Bertz CT molecular complexity index is 441. The molecule has 110 valence electrons. The minimum absolute atomic E-state index is 0.221. The molecule has 1 aliphatic heterocycles. The summed E-state index contributed by atoms with van der Waals surface area (Å²) >= 11 is 4.26. The highest BCUT2D eigenvalue weighted by atomic mass is 32.2. The van der Waals surface area contributed by atoms with Crippen molar-refractivity contribution in [1.29, 1.82) is 0 Å². The Kier molecular flexibility index (Phi) is 4.41. The van der Waals surface area contributed by atoms with Crippen LogP contribution in [0.4, 0.5) is 0 Å². The second kappa shape index (κ2) is 6.10. The van der Waals surface area contributed by atoms with E-state index in [1.165, 1.54) is 42.8 Å². The molecule has 1 aliphatic carbocycles. The number of thioether (sulfide) groups is 2. The molecule has 1 aromatic rings. The SMILES string of the molecule is COc1cc(OC)cc(C2(C3CCCC3)SCCS2)c1. The average molecular weight is 310 g/mol. The monoisotopic (exact) mass is 310 g/mol. The molecule has 4 heteroatoms. The first-order chi connectivity index (χ1) is 9.78. The van der Waals surface area contributed by atoms with Crippen LogP contribution >= 0.6 is 23.5 Å². The average Bonchev–Trinajstić information content (AvgIpc) is 3.17. The van der Waals surface area contributed by atoms with Gasteiger partial charge in [-0.05, 0) is 36.5 Å². The van der Waals surface area contributed by atoms with Crippen LogP contribution in [0.5, 0.6) is 11.5 Å². The van der Waals surface area contributed by atoms with E-state index in [-0.39, 0.29) is 4.08 Å². The third-order valence-corrected chi connectivity index (χ3v) is 8.14. The molecule has 0 spiro atoms. The van der Waals surface area contributed by atoms with Crippen molar-refractivity contribution in [2.75, 3.05) is 25.7 Å². The van der Waals surface area contributed by atoms with Gasteiger partial charge in [0.1, 0.15) is 11.5 Å². The number of methoxy groups -OCH3 is 2. The van der Waals surface area contributed by atoms with E-state index >= 15 is 0 Å². The first-order valence-electron chi connectivity index (χ1n) is 7.30. The zero-order valence-corrected chi connectivity index (χ0v) is 13.8. The predicted molar refractivity (Wildman–Crippen MR) is 88.1 cm³/mol. The van der Waals surface area contributed by atoms with Crippen molar-refractivity contribution in [3.05, 3.63) is 23.8 Å². The number of ether oxygens (including phenoxy) is 2. The fourth-order valence-corrected chi connectivity index (χ4v) is 7.00. The highest BCUT2D eigenvalue weighted by molar-refractivity contribution is 8.20. The van der Waals surface area contributed by atoms with Crippen molar-refractivity contribution in [3.8, 4) is 11.5 Å². The van der Waals surface area contributed by atoms with Gasteiger partial charge >= 0.3 is 0 Å². The van der Waals surface area contributed by atoms with Crippen LogP contribution in [-0.2, 0) is 4.08 Å². The minimum atomic E-state index is 0.221. The third-order valence-electron chi connectivity index (χ3n) is 4.36. The molecule has 0 atom stereocenters. The van der Waals surface area contributed by atoms with Gasteiger partial charge in [-0.2, -0.15) is 0 Å². The Labute approximate surface area is 130 Å². The lowest BCUT2D eigenvalue weighted by Crippen LogP contribution is -2.24. The maximum absolute atomic E-state index is 5.47. The van der Waals surface area contributed by atoms with E-state index in [0.717, 1.165) is 17.4 Å². The van der Waals surface area contributed by atoms with Crippen LogP contribution in [-0.4, -0.2) is 25.7 Å². The molecule has 0 aromatic heterocycles. The number of benzene rings is 1. The zero-order valence-electron chi connectivity index (χ0n) is 12.2. The summed E-state index contributed by atoms with van der Waals surface area (Å²) in [5.41, 5.74) is 1.38. The fraction of sp³-hybridized carbons (Fsp3) is 0.625. The molecule has 0 N–H and O–H groups in total. The molecule has 0 unspecified atom stereocenters. The van der Waals surface area contributed by atoms with E-state index in [9.17, 15) is 0 Å². The second-order valence-electron chi connectivity index (χ2n) is 5.45. The third kappa shape index (κ3) is 2.52. The maximum Gasteiger partial charge on any atom is 0.122 e. The number of hydrogen-bond acceptors (Lipinski definition) is 4. The molecule has 2 aliphatic rings. The molecule has 0 amide bonds. The van der Waals surface area contributed by atoms with E-state index in [1.54, 1.807) is 14.2 Å². The summed E-state index contributed by atoms with van der Waals surface area (Å²) in [4.78, 5) is 0. The van der Waals surface area contributed by atoms with E-state index in [2.05, 4.69) is 35.7 Å². The summed E-state index contributed by atoms with van der Waals surface area (Å²) < 4.78 is 11.2.